The van der Waals surface area contributed by atoms with E-state index < -0.39 is 0 Å². The number of nitrogens with zero attached hydrogens (tertiary/aromatic N) is 2. The van der Waals surface area contributed by atoms with Gasteiger partial charge in [-0.05, 0) is 151 Å². The Morgan fingerprint density at radius 2 is 0.750 bits per heavy atom. The zero-order valence-corrected chi connectivity index (χ0v) is 34.9. The minimum Gasteiger partial charge on any atom is -0.310 e. The molecule has 0 atom stereocenters. The number of para-hydroxylation sites is 1. The molecule has 292 valence electrons. The Morgan fingerprint density at radius 1 is 0.317 bits per heavy atom. The lowest BCUT2D eigenvalue weighted by atomic mass is 9.61. The third-order valence-electron chi connectivity index (χ3n) is 12.8. The van der Waals surface area contributed by atoms with Crippen LogP contribution in [0.15, 0.2) is 206 Å². The van der Waals surface area contributed by atoms with Gasteiger partial charge >= 0.3 is 0 Å². The molecule has 0 aliphatic heterocycles. The minimum absolute atomic E-state index is 0.121. The van der Waals surface area contributed by atoms with Crippen molar-refractivity contribution in [3.05, 3.63) is 217 Å². The van der Waals surface area contributed by atoms with Crippen molar-refractivity contribution in [3.8, 4) is 22.3 Å². The SMILES string of the molecule is CC1(C)CCC(C)(C)c2c(-c3ccc(N(c4ccccc4)c4cccc(-c5cccc(N(c6ccc7ccccc7c6)c6ccc7ccccc7c6)c5)c4)cc3)cccc21. The van der Waals surface area contributed by atoms with E-state index in [1.807, 2.05) is 0 Å². The van der Waals surface area contributed by atoms with Gasteiger partial charge in [0.1, 0.15) is 0 Å². The van der Waals surface area contributed by atoms with Gasteiger partial charge in [-0.15, -0.1) is 0 Å². The predicted octanol–water partition coefficient (Wildman–Crippen LogP) is 16.6. The maximum Gasteiger partial charge on any atom is 0.0468 e. The number of benzene rings is 9. The summed E-state index contributed by atoms with van der Waals surface area (Å²) in [6, 6.07) is 75.5. The second-order valence-electron chi connectivity index (χ2n) is 17.7. The van der Waals surface area contributed by atoms with E-state index >= 15 is 0 Å². The molecule has 0 fully saturated rings. The lowest BCUT2D eigenvalue weighted by Gasteiger charge is -2.43. The van der Waals surface area contributed by atoms with E-state index in [1.165, 1.54) is 56.6 Å². The van der Waals surface area contributed by atoms with E-state index in [0.29, 0.717) is 0 Å². The van der Waals surface area contributed by atoms with E-state index in [0.717, 1.165) is 45.3 Å². The topological polar surface area (TPSA) is 6.48 Å². The molecule has 0 N–H and O–H groups in total. The first kappa shape index (κ1) is 37.4. The van der Waals surface area contributed by atoms with Crippen molar-refractivity contribution in [3.63, 3.8) is 0 Å². The van der Waals surface area contributed by atoms with E-state index in [4.69, 9.17) is 0 Å². The fourth-order valence-corrected chi connectivity index (χ4v) is 9.51. The molecule has 9 aromatic carbocycles. The first-order valence-corrected chi connectivity index (χ1v) is 21.3. The van der Waals surface area contributed by atoms with Crippen LogP contribution in [0.5, 0.6) is 0 Å². The fraction of sp³-hybridized carbons (Fsp3) is 0.138. The van der Waals surface area contributed by atoms with Crippen LogP contribution in [0, 0.1) is 0 Å². The van der Waals surface area contributed by atoms with Gasteiger partial charge in [0, 0.05) is 34.1 Å². The highest BCUT2D eigenvalue weighted by molar-refractivity contribution is 5.93. The van der Waals surface area contributed by atoms with Gasteiger partial charge < -0.3 is 9.80 Å². The lowest BCUT2D eigenvalue weighted by Crippen LogP contribution is -2.34. The van der Waals surface area contributed by atoms with Gasteiger partial charge in [-0.3, -0.25) is 0 Å². The van der Waals surface area contributed by atoms with Crippen molar-refractivity contribution in [2.45, 2.75) is 51.4 Å². The molecular formula is C58H50N2. The Hall–Kier alpha value is -6.90. The van der Waals surface area contributed by atoms with Crippen molar-refractivity contribution >= 4 is 55.7 Å². The average Bonchev–Trinajstić information content (AvgIpc) is 3.29. The Morgan fingerprint density at radius 3 is 1.33 bits per heavy atom. The van der Waals surface area contributed by atoms with Gasteiger partial charge in [-0.25, -0.2) is 0 Å². The molecule has 1 aliphatic carbocycles. The zero-order valence-electron chi connectivity index (χ0n) is 34.9. The van der Waals surface area contributed by atoms with Gasteiger partial charge in [0.05, 0.1) is 0 Å². The Bertz CT molecular complexity index is 2910. The normalized spacial score (nSPS) is 14.1. The van der Waals surface area contributed by atoms with Gasteiger partial charge in [0.25, 0.3) is 0 Å². The highest BCUT2D eigenvalue weighted by Crippen LogP contribution is 2.50. The summed E-state index contributed by atoms with van der Waals surface area (Å²) in [7, 11) is 0. The first-order valence-electron chi connectivity index (χ1n) is 21.3. The van der Waals surface area contributed by atoms with Crippen LogP contribution in [0.2, 0.25) is 0 Å². The van der Waals surface area contributed by atoms with E-state index in [9.17, 15) is 0 Å². The van der Waals surface area contributed by atoms with Gasteiger partial charge in [-0.2, -0.15) is 0 Å². The number of anilines is 6. The van der Waals surface area contributed by atoms with Crippen LogP contribution in [0.25, 0.3) is 43.8 Å². The Kier molecular flexibility index (Phi) is 9.37. The molecule has 0 amide bonds. The third kappa shape index (κ3) is 6.92. The van der Waals surface area contributed by atoms with E-state index in [1.54, 1.807) is 0 Å². The maximum atomic E-state index is 2.42. The molecular weight excluding hydrogens is 725 g/mol. The molecule has 9 aromatic rings. The second kappa shape index (κ2) is 15.0. The van der Waals surface area contributed by atoms with Gasteiger partial charge in [0.15, 0.2) is 0 Å². The highest BCUT2D eigenvalue weighted by atomic mass is 15.1. The Labute approximate surface area is 355 Å². The summed E-state index contributed by atoms with van der Waals surface area (Å²) < 4.78 is 0. The summed E-state index contributed by atoms with van der Waals surface area (Å²) in [5, 5.41) is 4.90. The molecule has 0 bridgehead atoms. The van der Waals surface area contributed by atoms with Crippen LogP contribution < -0.4 is 9.80 Å². The molecule has 1 aliphatic rings. The standard InChI is InChI=1S/C58H50N2/c1-57(2)35-36-58(3,4)56-54(25-14-26-55(56)57)43-29-31-49(32-30-43)59(48-21-6-5-7-22-48)50-23-12-19-46(39-50)47-20-13-24-51(40-47)60(52-33-27-41-15-8-10-17-44(41)37-52)53-34-28-42-16-9-11-18-45(42)38-53/h5-34,37-40H,35-36H2,1-4H3. The van der Waals surface area contributed by atoms with Crippen molar-refractivity contribution in [1.29, 1.82) is 0 Å². The summed E-state index contributed by atoms with van der Waals surface area (Å²) in [4.78, 5) is 4.76. The van der Waals surface area contributed by atoms with Crippen molar-refractivity contribution in [2.75, 3.05) is 9.80 Å². The summed E-state index contributed by atoms with van der Waals surface area (Å²) in [6.45, 7) is 9.65. The molecule has 0 radical (unpaired) electrons. The van der Waals surface area contributed by atoms with E-state index in [-0.39, 0.29) is 10.8 Å². The number of fused-ring (bicyclic) bond motifs is 3. The summed E-state index contributed by atoms with van der Waals surface area (Å²) in [5.74, 6) is 0. The molecule has 0 spiro atoms. The largest absolute Gasteiger partial charge is 0.310 e. The summed E-state index contributed by atoms with van der Waals surface area (Å²) in [6.07, 6.45) is 2.39. The molecule has 0 saturated heterocycles. The summed E-state index contributed by atoms with van der Waals surface area (Å²) >= 11 is 0. The van der Waals surface area contributed by atoms with Crippen molar-refractivity contribution in [1.82, 2.24) is 0 Å². The molecule has 10 rings (SSSR count). The number of hydrogen-bond acceptors (Lipinski definition) is 2. The molecule has 0 unspecified atom stereocenters. The fourth-order valence-electron chi connectivity index (χ4n) is 9.51. The first-order chi connectivity index (χ1) is 29.2. The van der Waals surface area contributed by atoms with Crippen LogP contribution >= 0.6 is 0 Å². The van der Waals surface area contributed by atoms with Crippen LogP contribution in [-0.4, -0.2) is 0 Å². The smallest absolute Gasteiger partial charge is 0.0468 e. The van der Waals surface area contributed by atoms with Crippen LogP contribution in [0.4, 0.5) is 34.1 Å². The Balaban J connectivity index is 1.04. The predicted molar refractivity (Wildman–Crippen MR) is 257 cm³/mol. The van der Waals surface area contributed by atoms with E-state index in [2.05, 4.69) is 244 Å². The number of hydrogen-bond donors (Lipinski definition) is 0. The molecule has 2 nitrogen and oxygen atoms in total. The van der Waals surface area contributed by atoms with Crippen LogP contribution in [0.1, 0.15) is 51.7 Å². The maximum absolute atomic E-state index is 2.42. The van der Waals surface area contributed by atoms with Gasteiger partial charge in [0.2, 0.25) is 0 Å². The van der Waals surface area contributed by atoms with Crippen molar-refractivity contribution < 1.29 is 0 Å². The lowest BCUT2D eigenvalue weighted by molar-refractivity contribution is 0.333. The van der Waals surface area contributed by atoms with Crippen LogP contribution in [-0.2, 0) is 10.8 Å². The third-order valence-corrected chi connectivity index (χ3v) is 12.8. The molecule has 60 heavy (non-hydrogen) atoms. The summed E-state index contributed by atoms with van der Waals surface area (Å²) in [5.41, 5.74) is 14.9. The molecule has 0 heterocycles. The zero-order chi connectivity index (χ0) is 40.8. The molecule has 2 heteroatoms. The quantitative estimate of drug-likeness (QED) is 0.152. The molecule has 0 saturated carbocycles. The average molecular weight is 775 g/mol. The second-order valence-corrected chi connectivity index (χ2v) is 17.7. The van der Waals surface area contributed by atoms with Crippen molar-refractivity contribution in [2.24, 2.45) is 0 Å². The van der Waals surface area contributed by atoms with Crippen LogP contribution in [0.3, 0.4) is 0 Å². The van der Waals surface area contributed by atoms with Gasteiger partial charge in [-0.1, -0.05) is 161 Å². The highest BCUT2D eigenvalue weighted by Gasteiger charge is 2.38. The minimum atomic E-state index is 0.121. The molecule has 0 aromatic heterocycles. The monoisotopic (exact) mass is 774 g/mol. The number of rotatable bonds is 8.